The second-order valence-corrected chi connectivity index (χ2v) is 4.31. The Morgan fingerprint density at radius 1 is 1.14 bits per heavy atom. The summed E-state index contributed by atoms with van der Waals surface area (Å²) >= 11 is 0. The lowest BCUT2D eigenvalue weighted by molar-refractivity contribution is -0.727. The highest BCUT2D eigenvalue weighted by atomic mass is 16.5. The van der Waals surface area contributed by atoms with Crippen LogP contribution < -0.4 is 10.3 Å². The van der Waals surface area contributed by atoms with Crippen molar-refractivity contribution in [1.82, 2.24) is 0 Å². The van der Waals surface area contributed by atoms with Crippen molar-refractivity contribution in [1.29, 1.82) is 0 Å². The van der Waals surface area contributed by atoms with E-state index >= 15 is 0 Å². The number of hydrogen-bond acceptors (Lipinski definition) is 3. The van der Waals surface area contributed by atoms with E-state index in [1.807, 2.05) is 30.3 Å². The third kappa shape index (κ3) is 4.58. The Hall–Kier alpha value is -2.95. The molecule has 5 nitrogen and oxygen atoms in total. The smallest absolute Gasteiger partial charge is 0.335 e. The summed E-state index contributed by atoms with van der Waals surface area (Å²) in [4.78, 5) is 22.6. The normalized spacial score (nSPS) is 10.5. The van der Waals surface area contributed by atoms with Crippen LogP contribution in [0, 0.1) is 0 Å². The molecule has 0 aliphatic carbocycles. The molecule has 0 radical (unpaired) electrons. The number of carbonyl (C=O) groups is 2. The van der Waals surface area contributed by atoms with Gasteiger partial charge in [-0.25, -0.2) is 4.79 Å². The van der Waals surface area contributed by atoms with Crippen LogP contribution in [0.3, 0.4) is 0 Å². The first-order valence-electron chi connectivity index (χ1n) is 6.34. The third-order valence-corrected chi connectivity index (χ3v) is 2.71. The summed E-state index contributed by atoms with van der Waals surface area (Å²) in [7, 11) is 0. The van der Waals surface area contributed by atoms with Crippen LogP contribution in [-0.2, 0) is 16.3 Å². The SMILES string of the molecule is NC(=O)c1ccc[n+](COC(=O)/C=C/c2ccccc2)c1. The van der Waals surface area contributed by atoms with Crippen LogP contribution in [0.15, 0.2) is 60.9 Å². The lowest BCUT2D eigenvalue weighted by Crippen LogP contribution is -2.36. The number of hydrogen-bond donors (Lipinski definition) is 1. The maximum Gasteiger partial charge on any atom is 0.335 e. The minimum Gasteiger partial charge on any atom is -0.402 e. The number of nitrogens with zero attached hydrogens (tertiary/aromatic N) is 1. The highest BCUT2D eigenvalue weighted by Crippen LogP contribution is 2.01. The molecule has 1 aromatic carbocycles. The number of amides is 1. The Bertz CT molecular complexity index is 666. The van der Waals surface area contributed by atoms with Crippen molar-refractivity contribution in [3.05, 3.63) is 72.1 Å². The van der Waals surface area contributed by atoms with Gasteiger partial charge in [-0.2, -0.15) is 4.57 Å². The van der Waals surface area contributed by atoms with Crippen molar-refractivity contribution < 1.29 is 18.9 Å². The molecule has 0 bridgehead atoms. The van der Waals surface area contributed by atoms with Gasteiger partial charge >= 0.3 is 5.97 Å². The molecule has 0 unspecified atom stereocenters. The fourth-order valence-electron chi connectivity index (χ4n) is 1.66. The lowest BCUT2D eigenvalue weighted by Gasteiger charge is -1.99. The number of nitrogens with two attached hydrogens (primary N) is 1. The molecule has 2 rings (SSSR count). The van der Waals surface area contributed by atoms with Gasteiger partial charge in [-0.1, -0.05) is 30.3 Å². The summed E-state index contributed by atoms with van der Waals surface area (Å²) < 4.78 is 6.63. The molecule has 0 saturated carbocycles. The topological polar surface area (TPSA) is 73.3 Å². The van der Waals surface area contributed by atoms with Crippen LogP contribution >= 0.6 is 0 Å². The van der Waals surface area contributed by atoms with Gasteiger partial charge in [0.1, 0.15) is 5.56 Å². The Morgan fingerprint density at radius 2 is 1.90 bits per heavy atom. The maximum absolute atomic E-state index is 11.6. The first kappa shape index (κ1) is 14.5. The van der Waals surface area contributed by atoms with Crippen LogP contribution in [0.1, 0.15) is 15.9 Å². The third-order valence-electron chi connectivity index (χ3n) is 2.71. The summed E-state index contributed by atoms with van der Waals surface area (Å²) in [6.45, 7) is 0.0130. The Labute approximate surface area is 122 Å². The standard InChI is InChI=1S/C16H14N2O3/c17-16(20)14-7-4-10-18(11-14)12-21-15(19)9-8-13-5-2-1-3-6-13/h1-11H,12H2,(H-,17,20)/p+1/b9-8+. The Balaban J connectivity index is 1.91. The van der Waals surface area contributed by atoms with E-state index in [1.54, 1.807) is 29.0 Å². The number of rotatable bonds is 5. The average molecular weight is 283 g/mol. The van der Waals surface area contributed by atoms with Crippen LogP contribution in [-0.4, -0.2) is 11.9 Å². The van der Waals surface area contributed by atoms with Crippen LogP contribution in [0.25, 0.3) is 6.08 Å². The van der Waals surface area contributed by atoms with Gasteiger partial charge in [0.05, 0.1) is 0 Å². The molecule has 0 atom stereocenters. The largest absolute Gasteiger partial charge is 0.402 e. The highest BCUT2D eigenvalue weighted by Gasteiger charge is 2.08. The van der Waals surface area contributed by atoms with E-state index in [9.17, 15) is 9.59 Å². The second kappa shape index (κ2) is 7.00. The van der Waals surface area contributed by atoms with Gasteiger partial charge in [0.15, 0.2) is 12.4 Å². The molecule has 106 valence electrons. The summed E-state index contributed by atoms with van der Waals surface area (Å²) in [5, 5.41) is 0. The molecule has 5 heteroatoms. The van der Waals surface area contributed by atoms with Crippen LogP contribution in [0.4, 0.5) is 0 Å². The van der Waals surface area contributed by atoms with E-state index in [4.69, 9.17) is 10.5 Å². The lowest BCUT2D eigenvalue weighted by atomic mass is 10.2. The molecule has 1 heterocycles. The number of pyridine rings is 1. The summed E-state index contributed by atoms with van der Waals surface area (Å²) in [6, 6.07) is 12.7. The highest BCUT2D eigenvalue weighted by molar-refractivity contribution is 5.92. The Morgan fingerprint density at radius 3 is 2.62 bits per heavy atom. The summed E-state index contributed by atoms with van der Waals surface area (Å²) in [6.07, 6.45) is 6.23. The number of primary amides is 1. The van der Waals surface area contributed by atoms with Gasteiger partial charge in [-0.15, -0.1) is 0 Å². The fourth-order valence-corrected chi connectivity index (χ4v) is 1.66. The zero-order chi connectivity index (χ0) is 15.1. The monoisotopic (exact) mass is 283 g/mol. The van der Waals surface area contributed by atoms with Crippen molar-refractivity contribution in [2.45, 2.75) is 6.73 Å². The van der Waals surface area contributed by atoms with E-state index in [1.165, 1.54) is 12.3 Å². The molecule has 2 aromatic rings. The van der Waals surface area contributed by atoms with Crippen molar-refractivity contribution in [3.63, 3.8) is 0 Å². The number of ether oxygens (including phenoxy) is 1. The molecular weight excluding hydrogens is 268 g/mol. The van der Waals surface area contributed by atoms with E-state index in [0.29, 0.717) is 5.56 Å². The molecule has 0 saturated heterocycles. The van der Waals surface area contributed by atoms with Crippen LogP contribution in [0.2, 0.25) is 0 Å². The number of benzene rings is 1. The molecule has 0 spiro atoms. The molecule has 1 aromatic heterocycles. The predicted octanol–water partition coefficient (Wildman–Crippen LogP) is 1.29. The van der Waals surface area contributed by atoms with Gasteiger partial charge in [0.2, 0.25) is 0 Å². The van der Waals surface area contributed by atoms with Gasteiger partial charge in [0, 0.05) is 12.1 Å². The first-order valence-corrected chi connectivity index (χ1v) is 6.34. The molecule has 0 fully saturated rings. The fraction of sp³-hybridized carbons (Fsp3) is 0.0625. The minimum absolute atomic E-state index is 0.0130. The first-order chi connectivity index (χ1) is 10.1. The zero-order valence-corrected chi connectivity index (χ0v) is 11.3. The predicted molar refractivity (Wildman–Crippen MR) is 76.7 cm³/mol. The molecular formula is C16H15N2O3+. The van der Waals surface area contributed by atoms with Gasteiger partial charge in [-0.05, 0) is 17.7 Å². The van der Waals surface area contributed by atoms with E-state index in [-0.39, 0.29) is 6.73 Å². The van der Waals surface area contributed by atoms with Crippen molar-refractivity contribution in [3.8, 4) is 0 Å². The zero-order valence-electron chi connectivity index (χ0n) is 11.3. The van der Waals surface area contributed by atoms with Crippen molar-refractivity contribution >= 4 is 18.0 Å². The van der Waals surface area contributed by atoms with Crippen molar-refractivity contribution in [2.24, 2.45) is 5.73 Å². The Kier molecular flexibility index (Phi) is 4.82. The average Bonchev–Trinajstić information content (AvgIpc) is 2.52. The van der Waals surface area contributed by atoms with E-state index in [2.05, 4.69) is 0 Å². The number of aromatic nitrogens is 1. The van der Waals surface area contributed by atoms with E-state index in [0.717, 1.165) is 5.56 Å². The second-order valence-electron chi connectivity index (χ2n) is 4.31. The minimum atomic E-state index is -0.528. The molecule has 2 N–H and O–H groups in total. The van der Waals surface area contributed by atoms with Crippen molar-refractivity contribution in [2.75, 3.05) is 0 Å². The molecule has 1 amide bonds. The molecule has 0 aliphatic heterocycles. The quantitative estimate of drug-likeness (QED) is 0.510. The van der Waals surface area contributed by atoms with E-state index < -0.39 is 11.9 Å². The number of esters is 1. The van der Waals surface area contributed by atoms with Crippen LogP contribution in [0.5, 0.6) is 0 Å². The molecule has 21 heavy (non-hydrogen) atoms. The summed E-state index contributed by atoms with van der Waals surface area (Å²) in [5.74, 6) is -0.990. The number of carbonyl (C=O) groups excluding carboxylic acids is 2. The maximum atomic E-state index is 11.6. The summed E-state index contributed by atoms with van der Waals surface area (Å²) in [5.41, 5.74) is 6.45. The van der Waals surface area contributed by atoms with Gasteiger partial charge in [-0.3, -0.25) is 4.79 Å². The molecule has 0 aliphatic rings. The van der Waals surface area contributed by atoms with Gasteiger partial charge < -0.3 is 10.5 Å². The van der Waals surface area contributed by atoms with Gasteiger partial charge in [0.25, 0.3) is 12.6 Å².